The lowest BCUT2D eigenvalue weighted by Gasteiger charge is -2.25. The molecule has 0 spiro atoms. The van der Waals surface area contributed by atoms with E-state index in [0.29, 0.717) is 30.4 Å². The zero-order chi connectivity index (χ0) is 13.3. The molecule has 0 aromatic carbocycles. The van der Waals surface area contributed by atoms with Gasteiger partial charge in [0.15, 0.2) is 0 Å². The summed E-state index contributed by atoms with van der Waals surface area (Å²) in [6.45, 7) is 0. The summed E-state index contributed by atoms with van der Waals surface area (Å²) in [5.74, 6) is 1.52. The Kier molecular flexibility index (Phi) is 3.52. The maximum atomic E-state index is 11.5. The van der Waals surface area contributed by atoms with Crippen molar-refractivity contribution in [1.29, 1.82) is 0 Å². The minimum absolute atomic E-state index is 0.273. The van der Waals surface area contributed by atoms with Gasteiger partial charge in [0.05, 0.1) is 11.5 Å². The van der Waals surface area contributed by atoms with Gasteiger partial charge in [-0.15, -0.1) is 0 Å². The maximum absolute atomic E-state index is 11.5. The van der Waals surface area contributed by atoms with Crippen molar-refractivity contribution in [2.45, 2.75) is 50.6 Å². The van der Waals surface area contributed by atoms with Crippen molar-refractivity contribution >= 4 is 15.8 Å². The monoisotopic (exact) mass is 283 g/mol. The van der Waals surface area contributed by atoms with Crippen LogP contribution < -0.4 is 5.32 Å². The Bertz CT molecular complexity index is 518. The Labute approximate surface area is 114 Å². The average Bonchev–Trinajstić information content (AvgIpc) is 3.02. The first-order valence-electron chi connectivity index (χ1n) is 7.14. The van der Waals surface area contributed by atoms with Gasteiger partial charge in [-0.1, -0.05) is 12.8 Å². The van der Waals surface area contributed by atoms with Gasteiger partial charge in [0.25, 0.3) is 0 Å². The van der Waals surface area contributed by atoms with E-state index in [0.717, 1.165) is 5.95 Å². The quantitative estimate of drug-likeness (QED) is 0.921. The summed E-state index contributed by atoms with van der Waals surface area (Å²) in [5.41, 5.74) is 0. The minimum Gasteiger partial charge on any atom is -0.353 e. The van der Waals surface area contributed by atoms with E-state index in [9.17, 15) is 8.42 Å². The molecule has 1 saturated heterocycles. The Morgan fingerprint density at radius 3 is 2.53 bits per heavy atom. The van der Waals surface area contributed by atoms with Gasteiger partial charge in [0.2, 0.25) is 5.95 Å². The molecule has 1 aliphatic carbocycles. The summed E-state index contributed by atoms with van der Waals surface area (Å²) in [6, 6.07) is 0.809. The second-order valence-electron chi connectivity index (χ2n) is 5.67. The highest BCUT2D eigenvalue weighted by molar-refractivity contribution is 7.91. The van der Waals surface area contributed by atoms with Gasteiger partial charge in [-0.05, 0) is 25.7 Å². The van der Waals surface area contributed by atoms with Crippen LogP contribution in [-0.4, -0.2) is 35.5 Å². The number of rotatable bonds is 3. The second kappa shape index (κ2) is 5.15. The third-order valence-electron chi connectivity index (χ3n) is 4.27. The van der Waals surface area contributed by atoms with E-state index in [1.807, 2.05) is 6.20 Å². The molecule has 3 rings (SSSR count). The first kappa shape index (κ1) is 13.0. The van der Waals surface area contributed by atoms with Gasteiger partial charge in [0, 0.05) is 24.5 Å². The molecule has 1 saturated carbocycles. The predicted octanol–water partition coefficient (Wildman–Crippen LogP) is 1.99. The minimum atomic E-state index is -2.80. The molecule has 106 valence electrons. The molecule has 0 bridgehead atoms. The van der Waals surface area contributed by atoms with Gasteiger partial charge in [-0.2, -0.15) is 0 Å². The van der Waals surface area contributed by atoms with Crippen molar-refractivity contribution in [3.05, 3.63) is 12.4 Å². The first-order chi connectivity index (χ1) is 9.14. The average molecular weight is 283 g/mol. The second-order valence-corrected chi connectivity index (χ2v) is 7.97. The van der Waals surface area contributed by atoms with E-state index in [2.05, 4.69) is 14.9 Å². The van der Waals surface area contributed by atoms with Gasteiger partial charge in [0.1, 0.15) is 9.84 Å². The molecule has 1 aliphatic heterocycles. The highest BCUT2D eigenvalue weighted by atomic mass is 32.2. The van der Waals surface area contributed by atoms with Crippen LogP contribution in [0.25, 0.3) is 0 Å². The lowest BCUT2D eigenvalue weighted by Crippen LogP contribution is -2.27. The van der Waals surface area contributed by atoms with Crippen molar-refractivity contribution in [2.75, 3.05) is 16.8 Å². The van der Waals surface area contributed by atoms with Gasteiger partial charge in [-0.25, -0.2) is 13.4 Å². The molecule has 5 nitrogen and oxygen atoms in total. The topological polar surface area (TPSA) is 64.0 Å². The van der Waals surface area contributed by atoms with Crippen molar-refractivity contribution in [3.8, 4) is 0 Å². The van der Waals surface area contributed by atoms with Crippen LogP contribution in [-0.2, 0) is 9.84 Å². The van der Waals surface area contributed by atoms with Crippen molar-refractivity contribution in [2.24, 2.45) is 0 Å². The van der Waals surface area contributed by atoms with Crippen molar-refractivity contribution < 1.29 is 8.42 Å². The number of nitrogens with zero attached hydrogens (tertiary/aromatic N) is 2. The highest BCUT2D eigenvalue weighted by Gasteiger charge is 2.26. The fraction of sp³-hybridized carbons (Fsp3) is 0.769. The Balaban J connectivity index is 1.69. The summed E-state index contributed by atoms with van der Waals surface area (Å²) in [6.07, 6.45) is 10.2. The number of sulfone groups is 1. The summed E-state index contributed by atoms with van der Waals surface area (Å²) in [4.78, 5) is 4.39. The maximum Gasteiger partial charge on any atom is 0.203 e. The molecule has 2 aliphatic rings. The number of nitrogens with one attached hydrogen (secondary N) is 1. The summed E-state index contributed by atoms with van der Waals surface area (Å²) in [7, 11) is -2.80. The molecule has 1 aromatic rings. The molecule has 0 atom stereocenters. The third kappa shape index (κ3) is 2.94. The molecular weight excluding hydrogens is 262 g/mol. The molecular formula is C13H21N3O2S. The molecule has 1 aromatic heterocycles. The van der Waals surface area contributed by atoms with E-state index in [1.54, 1.807) is 6.20 Å². The number of imidazole rings is 1. The Morgan fingerprint density at radius 1 is 1.16 bits per heavy atom. The van der Waals surface area contributed by atoms with E-state index < -0.39 is 9.84 Å². The smallest absolute Gasteiger partial charge is 0.203 e. The van der Waals surface area contributed by atoms with E-state index >= 15 is 0 Å². The lowest BCUT2D eigenvalue weighted by atomic mass is 10.1. The molecule has 1 N–H and O–H groups in total. The van der Waals surface area contributed by atoms with E-state index in [1.165, 1.54) is 25.7 Å². The molecule has 2 heterocycles. The van der Waals surface area contributed by atoms with Gasteiger partial charge in [-0.3, -0.25) is 0 Å². The molecule has 19 heavy (non-hydrogen) atoms. The van der Waals surface area contributed by atoms with Crippen LogP contribution in [0.2, 0.25) is 0 Å². The number of hydrogen-bond donors (Lipinski definition) is 1. The Hall–Kier alpha value is -1.04. The summed E-state index contributed by atoms with van der Waals surface area (Å²) < 4.78 is 25.1. The third-order valence-corrected chi connectivity index (χ3v) is 5.99. The Morgan fingerprint density at radius 2 is 1.84 bits per heavy atom. The van der Waals surface area contributed by atoms with Crippen LogP contribution in [0, 0.1) is 0 Å². The SMILES string of the molecule is O=S1(=O)CCC(n2ccnc2NC2CCCC2)CC1. The summed E-state index contributed by atoms with van der Waals surface area (Å²) >= 11 is 0. The predicted molar refractivity (Wildman–Crippen MR) is 75.0 cm³/mol. The first-order valence-corrected chi connectivity index (χ1v) is 8.96. The number of aromatic nitrogens is 2. The number of anilines is 1. The van der Waals surface area contributed by atoms with Crippen LogP contribution in [0.3, 0.4) is 0 Å². The van der Waals surface area contributed by atoms with Gasteiger partial charge < -0.3 is 9.88 Å². The standard InChI is InChI=1S/C13H21N3O2S/c17-19(18)9-5-12(6-10-19)16-8-7-14-13(16)15-11-3-1-2-4-11/h7-8,11-12H,1-6,9-10H2,(H,14,15). The molecule has 6 heteroatoms. The van der Waals surface area contributed by atoms with Crippen LogP contribution in [0.4, 0.5) is 5.95 Å². The van der Waals surface area contributed by atoms with Crippen molar-refractivity contribution in [3.63, 3.8) is 0 Å². The van der Waals surface area contributed by atoms with Crippen molar-refractivity contribution in [1.82, 2.24) is 9.55 Å². The van der Waals surface area contributed by atoms with Crippen LogP contribution in [0.15, 0.2) is 12.4 Å². The lowest BCUT2D eigenvalue weighted by molar-refractivity contribution is 0.451. The fourth-order valence-electron chi connectivity index (χ4n) is 3.13. The fourth-order valence-corrected chi connectivity index (χ4v) is 4.59. The zero-order valence-electron chi connectivity index (χ0n) is 11.1. The molecule has 0 unspecified atom stereocenters. The van der Waals surface area contributed by atoms with Crippen LogP contribution in [0.5, 0.6) is 0 Å². The van der Waals surface area contributed by atoms with Crippen LogP contribution in [0.1, 0.15) is 44.6 Å². The van der Waals surface area contributed by atoms with Crippen LogP contribution >= 0.6 is 0 Å². The van der Waals surface area contributed by atoms with Gasteiger partial charge >= 0.3 is 0 Å². The molecule has 0 radical (unpaired) electrons. The zero-order valence-corrected chi connectivity index (χ0v) is 11.9. The normalized spacial score (nSPS) is 24.6. The highest BCUT2D eigenvalue weighted by Crippen LogP contribution is 2.28. The largest absolute Gasteiger partial charge is 0.353 e. The van der Waals surface area contributed by atoms with E-state index in [4.69, 9.17) is 0 Å². The summed E-state index contributed by atoms with van der Waals surface area (Å²) in [5, 5.41) is 3.51. The number of hydrogen-bond acceptors (Lipinski definition) is 4. The molecule has 0 amide bonds. The molecule has 2 fully saturated rings. The van der Waals surface area contributed by atoms with E-state index in [-0.39, 0.29) is 6.04 Å².